The van der Waals surface area contributed by atoms with Crippen LogP contribution in [0.15, 0.2) is 0 Å². The number of methoxy groups -OCH3 is 1. The van der Waals surface area contributed by atoms with Gasteiger partial charge in [-0.15, -0.1) is 0 Å². The molecule has 1 saturated carbocycles. The fourth-order valence-electron chi connectivity index (χ4n) is 2.00. The summed E-state index contributed by atoms with van der Waals surface area (Å²) in [4.78, 5) is 22.3. The molecule has 0 saturated heterocycles. The summed E-state index contributed by atoms with van der Waals surface area (Å²) in [6.45, 7) is 1.59. The van der Waals surface area contributed by atoms with Crippen LogP contribution in [0.2, 0.25) is 0 Å². The van der Waals surface area contributed by atoms with E-state index in [4.69, 9.17) is 0 Å². The molecule has 1 N–H and O–H groups in total. The van der Waals surface area contributed by atoms with Gasteiger partial charge in [0, 0.05) is 12.0 Å². The molecule has 1 aliphatic rings. The SMILES string of the molecule is COC(=O)NC1CCCCC1C(C)=O. The molecular weight excluding hydrogens is 182 g/mol. The zero-order valence-corrected chi connectivity index (χ0v) is 8.71. The van der Waals surface area contributed by atoms with Gasteiger partial charge >= 0.3 is 6.09 Å². The highest BCUT2D eigenvalue weighted by Crippen LogP contribution is 2.25. The zero-order chi connectivity index (χ0) is 10.6. The lowest BCUT2D eigenvalue weighted by atomic mass is 9.82. The molecule has 0 aliphatic heterocycles. The first-order valence-electron chi connectivity index (χ1n) is 5.00. The summed E-state index contributed by atoms with van der Waals surface area (Å²) < 4.78 is 4.52. The Morgan fingerprint density at radius 3 is 2.50 bits per heavy atom. The molecular formula is C10H17NO3. The molecule has 4 heteroatoms. The Morgan fingerprint density at radius 1 is 1.29 bits per heavy atom. The first-order valence-corrected chi connectivity index (χ1v) is 5.00. The average Bonchev–Trinajstić information content (AvgIpc) is 2.18. The van der Waals surface area contributed by atoms with Crippen molar-refractivity contribution in [1.29, 1.82) is 0 Å². The number of ether oxygens (including phenoxy) is 1. The van der Waals surface area contributed by atoms with E-state index in [-0.39, 0.29) is 17.7 Å². The maximum atomic E-state index is 11.3. The van der Waals surface area contributed by atoms with Crippen LogP contribution < -0.4 is 5.32 Å². The molecule has 0 radical (unpaired) electrons. The fraction of sp³-hybridized carbons (Fsp3) is 0.800. The Hall–Kier alpha value is -1.06. The average molecular weight is 199 g/mol. The van der Waals surface area contributed by atoms with E-state index in [0.29, 0.717) is 0 Å². The van der Waals surface area contributed by atoms with Crippen molar-refractivity contribution in [3.63, 3.8) is 0 Å². The van der Waals surface area contributed by atoms with Crippen LogP contribution in [-0.4, -0.2) is 25.0 Å². The van der Waals surface area contributed by atoms with Crippen LogP contribution in [0.25, 0.3) is 0 Å². The highest BCUT2D eigenvalue weighted by Gasteiger charge is 2.29. The first-order chi connectivity index (χ1) is 6.65. The highest BCUT2D eigenvalue weighted by atomic mass is 16.5. The lowest BCUT2D eigenvalue weighted by Gasteiger charge is -2.29. The van der Waals surface area contributed by atoms with E-state index in [1.54, 1.807) is 6.92 Å². The van der Waals surface area contributed by atoms with E-state index in [1.807, 2.05) is 0 Å². The Labute approximate surface area is 84.0 Å². The molecule has 0 spiro atoms. The normalized spacial score (nSPS) is 26.7. The second kappa shape index (κ2) is 4.98. The van der Waals surface area contributed by atoms with Gasteiger partial charge in [0.15, 0.2) is 0 Å². The van der Waals surface area contributed by atoms with Gasteiger partial charge in [-0.3, -0.25) is 4.79 Å². The van der Waals surface area contributed by atoms with E-state index < -0.39 is 6.09 Å². The molecule has 0 bridgehead atoms. The van der Waals surface area contributed by atoms with Gasteiger partial charge in [0.1, 0.15) is 5.78 Å². The zero-order valence-electron chi connectivity index (χ0n) is 8.71. The van der Waals surface area contributed by atoms with Gasteiger partial charge in [0.25, 0.3) is 0 Å². The lowest BCUT2D eigenvalue weighted by Crippen LogP contribution is -2.44. The Bertz CT molecular complexity index is 227. The van der Waals surface area contributed by atoms with Gasteiger partial charge in [-0.1, -0.05) is 12.8 Å². The van der Waals surface area contributed by atoms with Crippen LogP contribution in [0.5, 0.6) is 0 Å². The van der Waals surface area contributed by atoms with Crippen LogP contribution in [0.3, 0.4) is 0 Å². The monoisotopic (exact) mass is 199 g/mol. The Morgan fingerprint density at radius 2 is 1.93 bits per heavy atom. The van der Waals surface area contributed by atoms with Crippen LogP contribution in [0, 0.1) is 5.92 Å². The molecule has 0 aromatic rings. The van der Waals surface area contributed by atoms with Gasteiger partial charge in [0.05, 0.1) is 7.11 Å². The van der Waals surface area contributed by atoms with Crippen molar-refractivity contribution in [1.82, 2.24) is 5.32 Å². The molecule has 1 amide bonds. The molecule has 1 fully saturated rings. The van der Waals surface area contributed by atoms with Gasteiger partial charge in [-0.2, -0.15) is 0 Å². The number of carbonyl (C=O) groups is 2. The summed E-state index contributed by atoms with van der Waals surface area (Å²) >= 11 is 0. The number of Topliss-reactive ketones (excluding diaryl/α,β-unsaturated/α-hetero) is 1. The van der Waals surface area contributed by atoms with Gasteiger partial charge in [-0.25, -0.2) is 4.79 Å². The number of rotatable bonds is 2. The molecule has 0 aromatic heterocycles. The second-order valence-electron chi connectivity index (χ2n) is 3.74. The number of nitrogens with one attached hydrogen (secondary N) is 1. The summed E-state index contributed by atoms with van der Waals surface area (Å²) in [5.41, 5.74) is 0. The van der Waals surface area contributed by atoms with Crippen LogP contribution >= 0.6 is 0 Å². The smallest absolute Gasteiger partial charge is 0.407 e. The molecule has 4 nitrogen and oxygen atoms in total. The minimum Gasteiger partial charge on any atom is -0.453 e. The lowest BCUT2D eigenvalue weighted by molar-refractivity contribution is -0.122. The topological polar surface area (TPSA) is 55.4 Å². The molecule has 0 aromatic carbocycles. The number of hydrogen-bond acceptors (Lipinski definition) is 3. The van der Waals surface area contributed by atoms with E-state index >= 15 is 0 Å². The number of amides is 1. The highest BCUT2D eigenvalue weighted by molar-refractivity contribution is 5.80. The molecule has 1 rings (SSSR count). The maximum absolute atomic E-state index is 11.3. The molecule has 0 heterocycles. The van der Waals surface area contributed by atoms with Gasteiger partial charge in [-0.05, 0) is 19.8 Å². The number of hydrogen-bond donors (Lipinski definition) is 1. The van der Waals surface area contributed by atoms with Gasteiger partial charge in [0.2, 0.25) is 0 Å². The quantitative estimate of drug-likeness (QED) is 0.733. The van der Waals surface area contributed by atoms with Crippen molar-refractivity contribution >= 4 is 11.9 Å². The van der Waals surface area contributed by atoms with Crippen molar-refractivity contribution < 1.29 is 14.3 Å². The minimum absolute atomic E-state index is 0.0251. The minimum atomic E-state index is -0.442. The van der Waals surface area contributed by atoms with E-state index in [9.17, 15) is 9.59 Å². The summed E-state index contributed by atoms with van der Waals surface area (Å²) in [6.07, 6.45) is 3.45. The molecule has 2 atom stereocenters. The third kappa shape index (κ3) is 2.72. The maximum Gasteiger partial charge on any atom is 0.407 e. The summed E-state index contributed by atoms with van der Waals surface area (Å²) in [5, 5.41) is 2.72. The van der Waals surface area contributed by atoms with E-state index in [1.165, 1.54) is 7.11 Å². The second-order valence-corrected chi connectivity index (χ2v) is 3.74. The number of alkyl carbamates (subject to hydrolysis) is 1. The van der Waals surface area contributed by atoms with Crippen molar-refractivity contribution in [3.8, 4) is 0 Å². The van der Waals surface area contributed by atoms with E-state index in [2.05, 4.69) is 10.1 Å². The molecule has 1 aliphatic carbocycles. The summed E-state index contributed by atoms with van der Waals surface area (Å²) in [7, 11) is 1.33. The predicted molar refractivity (Wildman–Crippen MR) is 52.0 cm³/mol. The third-order valence-electron chi connectivity index (χ3n) is 2.78. The van der Waals surface area contributed by atoms with Crippen molar-refractivity contribution in [2.24, 2.45) is 5.92 Å². The Balaban J connectivity index is 2.54. The first kappa shape index (κ1) is 11.0. The van der Waals surface area contributed by atoms with Crippen LogP contribution in [0.1, 0.15) is 32.6 Å². The van der Waals surface area contributed by atoms with Crippen molar-refractivity contribution in [3.05, 3.63) is 0 Å². The standard InChI is InChI=1S/C10H17NO3/c1-7(12)8-5-3-4-6-9(8)11-10(13)14-2/h8-9H,3-6H2,1-2H3,(H,11,13). The van der Waals surface area contributed by atoms with Crippen LogP contribution in [0.4, 0.5) is 4.79 Å². The Kier molecular flexibility index (Phi) is 3.92. The van der Waals surface area contributed by atoms with Crippen molar-refractivity contribution in [2.45, 2.75) is 38.6 Å². The van der Waals surface area contributed by atoms with Crippen LogP contribution in [-0.2, 0) is 9.53 Å². The molecule has 80 valence electrons. The van der Waals surface area contributed by atoms with E-state index in [0.717, 1.165) is 25.7 Å². The van der Waals surface area contributed by atoms with Gasteiger partial charge < -0.3 is 10.1 Å². The third-order valence-corrected chi connectivity index (χ3v) is 2.78. The van der Waals surface area contributed by atoms with Crippen molar-refractivity contribution in [2.75, 3.05) is 7.11 Å². The molecule has 2 unspecified atom stereocenters. The fourth-order valence-corrected chi connectivity index (χ4v) is 2.00. The predicted octanol–water partition coefficient (Wildman–Crippen LogP) is 1.49. The number of carbonyl (C=O) groups excluding carboxylic acids is 2. The summed E-state index contributed by atoms with van der Waals surface area (Å²) in [5.74, 6) is 0.133. The largest absolute Gasteiger partial charge is 0.453 e. The molecule has 14 heavy (non-hydrogen) atoms. The number of ketones is 1. The summed E-state index contributed by atoms with van der Waals surface area (Å²) in [6, 6.07) is -0.0336.